The van der Waals surface area contributed by atoms with Crippen LogP contribution in [-0.4, -0.2) is 63.4 Å². The van der Waals surface area contributed by atoms with Gasteiger partial charge in [-0.1, -0.05) is 0 Å². The highest BCUT2D eigenvalue weighted by molar-refractivity contribution is 5.80. The average molecular weight is 216 g/mol. The Bertz CT molecular complexity index is 193. The van der Waals surface area contributed by atoms with Gasteiger partial charge in [0, 0.05) is 19.6 Å². The first-order valence-electron chi connectivity index (χ1n) is 5.38. The molecule has 15 heavy (non-hydrogen) atoms. The number of carbonyl (C=O) groups is 1. The minimum Gasteiger partial charge on any atom is -0.378 e. The van der Waals surface area contributed by atoms with E-state index in [1.807, 2.05) is 7.05 Å². The first-order valence-corrected chi connectivity index (χ1v) is 5.38. The molecule has 1 aliphatic rings. The molecule has 1 fully saturated rings. The summed E-state index contributed by atoms with van der Waals surface area (Å²) in [7, 11) is 1.86. The largest absolute Gasteiger partial charge is 0.378 e. The average Bonchev–Trinajstić information content (AvgIpc) is 2.29. The van der Waals surface area contributed by atoms with Gasteiger partial charge in [-0.15, -0.1) is 0 Å². The number of likely N-dealkylation sites (N-methyl/N-ethyl adjacent to an activating group) is 1. The molecule has 1 rings (SSSR count). The molecule has 1 saturated heterocycles. The highest BCUT2D eigenvalue weighted by Crippen LogP contribution is 2.02. The summed E-state index contributed by atoms with van der Waals surface area (Å²) < 4.78 is 10.6. The fourth-order valence-corrected chi connectivity index (χ4v) is 1.45. The molecule has 1 atom stereocenters. The highest BCUT2D eigenvalue weighted by atomic mass is 16.5. The quantitative estimate of drug-likeness (QED) is 0.628. The lowest BCUT2D eigenvalue weighted by molar-refractivity contribution is -0.146. The predicted octanol–water partition coefficient (Wildman–Crippen LogP) is -0.530. The Labute approximate surface area is 90.7 Å². The summed E-state index contributed by atoms with van der Waals surface area (Å²) in [5.41, 5.74) is 0. The molecule has 1 N–H and O–H groups in total. The molecule has 0 aromatic heterocycles. The molecule has 0 saturated carbocycles. The van der Waals surface area contributed by atoms with E-state index in [0.29, 0.717) is 32.9 Å². The fraction of sp³-hybridized carbons (Fsp3) is 0.900. The Kier molecular flexibility index (Phi) is 5.60. The molecule has 0 bridgehead atoms. The van der Waals surface area contributed by atoms with Crippen LogP contribution in [-0.2, 0) is 14.3 Å². The second-order valence-electron chi connectivity index (χ2n) is 3.55. The van der Waals surface area contributed by atoms with Gasteiger partial charge >= 0.3 is 0 Å². The number of hydrogen-bond donors (Lipinski definition) is 1. The molecule has 1 amide bonds. The molecule has 0 aromatic carbocycles. The third kappa shape index (κ3) is 4.15. The Balaban J connectivity index is 2.24. The lowest BCUT2D eigenvalue weighted by Gasteiger charge is -2.29. The van der Waals surface area contributed by atoms with Crippen LogP contribution in [0.25, 0.3) is 0 Å². The van der Waals surface area contributed by atoms with Crippen LogP contribution in [0.15, 0.2) is 0 Å². The van der Waals surface area contributed by atoms with Crippen LogP contribution >= 0.6 is 0 Å². The molecule has 5 heteroatoms. The molecular weight excluding hydrogens is 196 g/mol. The Morgan fingerprint density at radius 2 is 2.20 bits per heavy atom. The number of ether oxygens (including phenoxy) is 2. The molecular formula is C10H20N2O3. The lowest BCUT2D eigenvalue weighted by atomic mass is 10.3. The van der Waals surface area contributed by atoms with Crippen LogP contribution in [0, 0.1) is 0 Å². The van der Waals surface area contributed by atoms with Crippen molar-refractivity contribution in [3.8, 4) is 0 Å². The first kappa shape index (κ1) is 12.4. The van der Waals surface area contributed by atoms with Gasteiger partial charge in [-0.25, -0.2) is 0 Å². The minimum absolute atomic E-state index is 0.0643. The van der Waals surface area contributed by atoms with Gasteiger partial charge in [0.05, 0.1) is 19.8 Å². The second-order valence-corrected chi connectivity index (χ2v) is 3.55. The van der Waals surface area contributed by atoms with Crippen LogP contribution in [0.2, 0.25) is 0 Å². The number of amides is 1. The van der Waals surface area contributed by atoms with Crippen LogP contribution in [0.5, 0.6) is 0 Å². The topological polar surface area (TPSA) is 50.8 Å². The van der Waals surface area contributed by atoms with E-state index < -0.39 is 0 Å². The summed E-state index contributed by atoms with van der Waals surface area (Å²) >= 11 is 0. The summed E-state index contributed by atoms with van der Waals surface area (Å²) in [6.45, 7) is 5.75. The molecule has 0 aliphatic carbocycles. The van der Waals surface area contributed by atoms with Crippen LogP contribution in [0.1, 0.15) is 6.92 Å². The summed E-state index contributed by atoms with van der Waals surface area (Å²) in [4.78, 5) is 13.6. The summed E-state index contributed by atoms with van der Waals surface area (Å²) in [6, 6.07) is 0. The number of nitrogens with zero attached hydrogens (tertiary/aromatic N) is 1. The zero-order valence-electron chi connectivity index (χ0n) is 9.49. The lowest BCUT2D eigenvalue weighted by Crippen LogP contribution is -2.45. The van der Waals surface area contributed by atoms with Crippen LogP contribution < -0.4 is 5.32 Å². The molecule has 0 radical (unpaired) electrons. The molecule has 88 valence electrons. The number of rotatable bonds is 5. The van der Waals surface area contributed by atoms with Crippen molar-refractivity contribution in [2.45, 2.75) is 13.0 Å². The van der Waals surface area contributed by atoms with Crippen molar-refractivity contribution in [1.29, 1.82) is 0 Å². The number of nitrogens with one attached hydrogen (secondary N) is 1. The van der Waals surface area contributed by atoms with E-state index in [2.05, 4.69) is 5.32 Å². The van der Waals surface area contributed by atoms with E-state index in [9.17, 15) is 4.79 Å². The molecule has 1 unspecified atom stereocenters. The minimum atomic E-state index is -0.351. The first-order chi connectivity index (χ1) is 7.25. The maximum absolute atomic E-state index is 11.8. The SMILES string of the molecule is CNCCOC(C)C(=O)N1CCOCC1. The normalized spacial score (nSPS) is 18.9. The standard InChI is InChI=1S/C10H20N2O3/c1-9(15-6-3-11-2)10(13)12-4-7-14-8-5-12/h9,11H,3-8H2,1-2H3. The van der Waals surface area contributed by atoms with Crippen molar-refractivity contribution in [2.24, 2.45) is 0 Å². The number of hydrogen-bond acceptors (Lipinski definition) is 4. The third-order valence-corrected chi connectivity index (χ3v) is 2.39. The van der Waals surface area contributed by atoms with Crippen molar-refractivity contribution >= 4 is 5.91 Å². The highest BCUT2D eigenvalue weighted by Gasteiger charge is 2.22. The van der Waals surface area contributed by atoms with E-state index in [1.54, 1.807) is 11.8 Å². The number of carbonyl (C=O) groups excluding carboxylic acids is 1. The zero-order chi connectivity index (χ0) is 11.1. The monoisotopic (exact) mass is 216 g/mol. The van der Waals surface area contributed by atoms with Crippen molar-refractivity contribution in [2.75, 3.05) is 46.5 Å². The van der Waals surface area contributed by atoms with E-state index in [-0.39, 0.29) is 12.0 Å². The maximum Gasteiger partial charge on any atom is 0.251 e. The van der Waals surface area contributed by atoms with Gasteiger partial charge in [-0.05, 0) is 14.0 Å². The van der Waals surface area contributed by atoms with Gasteiger partial charge in [-0.2, -0.15) is 0 Å². The molecule has 0 aromatic rings. The van der Waals surface area contributed by atoms with Gasteiger partial charge in [0.25, 0.3) is 5.91 Å². The van der Waals surface area contributed by atoms with E-state index >= 15 is 0 Å². The smallest absolute Gasteiger partial charge is 0.251 e. The zero-order valence-corrected chi connectivity index (χ0v) is 9.49. The Hall–Kier alpha value is -0.650. The predicted molar refractivity (Wildman–Crippen MR) is 56.7 cm³/mol. The fourth-order valence-electron chi connectivity index (χ4n) is 1.45. The van der Waals surface area contributed by atoms with Crippen LogP contribution in [0.3, 0.4) is 0 Å². The summed E-state index contributed by atoms with van der Waals surface area (Å²) in [6.07, 6.45) is -0.351. The van der Waals surface area contributed by atoms with Crippen molar-refractivity contribution < 1.29 is 14.3 Å². The van der Waals surface area contributed by atoms with E-state index in [4.69, 9.17) is 9.47 Å². The van der Waals surface area contributed by atoms with Gasteiger partial charge in [0.1, 0.15) is 6.10 Å². The van der Waals surface area contributed by atoms with E-state index in [0.717, 1.165) is 6.54 Å². The molecule has 0 spiro atoms. The number of morpholine rings is 1. The third-order valence-electron chi connectivity index (χ3n) is 2.39. The summed E-state index contributed by atoms with van der Waals surface area (Å²) in [5.74, 6) is 0.0643. The molecule has 1 aliphatic heterocycles. The maximum atomic E-state index is 11.8. The Morgan fingerprint density at radius 1 is 1.53 bits per heavy atom. The second kappa shape index (κ2) is 6.76. The van der Waals surface area contributed by atoms with E-state index in [1.165, 1.54) is 0 Å². The molecule has 5 nitrogen and oxygen atoms in total. The van der Waals surface area contributed by atoms with Gasteiger partial charge in [0.15, 0.2) is 0 Å². The van der Waals surface area contributed by atoms with Crippen molar-refractivity contribution in [3.63, 3.8) is 0 Å². The van der Waals surface area contributed by atoms with Crippen molar-refractivity contribution in [1.82, 2.24) is 10.2 Å². The van der Waals surface area contributed by atoms with Gasteiger partial charge < -0.3 is 19.7 Å². The van der Waals surface area contributed by atoms with Gasteiger partial charge in [0.2, 0.25) is 0 Å². The van der Waals surface area contributed by atoms with Crippen LogP contribution in [0.4, 0.5) is 0 Å². The van der Waals surface area contributed by atoms with Crippen molar-refractivity contribution in [3.05, 3.63) is 0 Å². The summed E-state index contributed by atoms with van der Waals surface area (Å²) in [5, 5.41) is 2.97. The van der Waals surface area contributed by atoms with Gasteiger partial charge in [-0.3, -0.25) is 4.79 Å². The Morgan fingerprint density at radius 3 is 2.80 bits per heavy atom. The molecule has 1 heterocycles.